The second-order valence-electron chi connectivity index (χ2n) is 9.42. The molecule has 4 nitrogen and oxygen atoms in total. The van der Waals surface area contributed by atoms with Crippen LogP contribution in [0.15, 0.2) is 82.6 Å². The van der Waals surface area contributed by atoms with E-state index >= 15 is 0 Å². The first-order valence-electron chi connectivity index (χ1n) is 11.5. The summed E-state index contributed by atoms with van der Waals surface area (Å²) in [6.45, 7) is 7.95. The Bertz CT molecular complexity index is 1310. The van der Waals surface area contributed by atoms with Gasteiger partial charge in [0.15, 0.2) is 0 Å². The fourth-order valence-corrected chi connectivity index (χ4v) is 6.79. The summed E-state index contributed by atoms with van der Waals surface area (Å²) in [6.07, 6.45) is 4.36. The van der Waals surface area contributed by atoms with Gasteiger partial charge < -0.3 is 15.1 Å². The molecule has 0 radical (unpaired) electrons. The molecule has 3 aliphatic heterocycles. The van der Waals surface area contributed by atoms with Gasteiger partial charge in [-0.25, -0.2) is 0 Å². The molecule has 0 spiro atoms. The van der Waals surface area contributed by atoms with E-state index in [1.54, 1.807) is 0 Å². The lowest BCUT2D eigenvalue weighted by molar-refractivity contribution is -0.118. The van der Waals surface area contributed by atoms with Gasteiger partial charge in [-0.1, -0.05) is 68.1 Å². The van der Waals surface area contributed by atoms with Crippen LogP contribution in [0.25, 0.3) is 6.08 Å². The number of hydrogen-bond acceptors (Lipinski definition) is 4. The van der Waals surface area contributed by atoms with Crippen LogP contribution < -0.4 is 15.1 Å². The molecule has 3 aromatic carbocycles. The Morgan fingerprint density at radius 3 is 2.52 bits per heavy atom. The van der Waals surface area contributed by atoms with Crippen LogP contribution in [0.4, 0.5) is 17.1 Å². The van der Waals surface area contributed by atoms with Gasteiger partial charge in [-0.05, 0) is 54.5 Å². The van der Waals surface area contributed by atoms with Gasteiger partial charge in [0, 0.05) is 27.4 Å². The van der Waals surface area contributed by atoms with E-state index in [2.05, 4.69) is 115 Å². The third-order valence-corrected chi connectivity index (χ3v) is 8.47. The van der Waals surface area contributed by atoms with Crippen LogP contribution in [0.2, 0.25) is 0 Å². The van der Waals surface area contributed by atoms with E-state index in [9.17, 15) is 4.79 Å². The lowest BCUT2D eigenvalue weighted by atomic mass is 9.75. The Balaban J connectivity index is 1.39. The molecule has 6 rings (SSSR count). The summed E-state index contributed by atoms with van der Waals surface area (Å²) in [6, 6.07) is 23.7. The number of amides is 1. The minimum atomic E-state index is -0.571. The molecule has 0 bridgehead atoms. The Hall–Kier alpha value is -3.18. The second kappa shape index (κ2) is 7.16. The van der Waals surface area contributed by atoms with Gasteiger partial charge in [-0.15, -0.1) is 0 Å². The molecular formula is C28H27N3OS. The number of nitrogens with zero attached hydrogens (tertiary/aromatic N) is 2. The Kier molecular flexibility index (Phi) is 4.43. The number of carbonyl (C=O) groups excluding carboxylic acids is 1. The summed E-state index contributed by atoms with van der Waals surface area (Å²) in [5, 5.41) is 3.32. The maximum absolute atomic E-state index is 12.6. The van der Waals surface area contributed by atoms with Crippen molar-refractivity contribution in [2.24, 2.45) is 0 Å². The van der Waals surface area contributed by atoms with Crippen molar-refractivity contribution in [3.63, 3.8) is 0 Å². The molecule has 3 heterocycles. The van der Waals surface area contributed by atoms with Crippen molar-refractivity contribution in [2.45, 2.75) is 41.6 Å². The first-order chi connectivity index (χ1) is 15.9. The molecule has 1 amide bonds. The van der Waals surface area contributed by atoms with Crippen LogP contribution in [0.5, 0.6) is 0 Å². The maximum atomic E-state index is 12.6. The largest absolute Gasteiger partial charge is 0.340 e. The summed E-state index contributed by atoms with van der Waals surface area (Å²) < 4.78 is 0. The Morgan fingerprint density at radius 1 is 0.970 bits per heavy atom. The molecule has 3 aliphatic rings. The van der Waals surface area contributed by atoms with Crippen LogP contribution in [0.1, 0.15) is 31.9 Å². The van der Waals surface area contributed by atoms with Crippen molar-refractivity contribution >= 4 is 40.8 Å². The number of benzene rings is 3. The standard InChI is InChI=1S/C28H27N3OS/c1-4-30-22-11-7-8-12-24(22)33-25-17-19(13-14-23(25)30)15-16-28-27(2,3)20-9-5-6-10-21(20)31(28)18-26(32)29-28/h5-17H,4,18H2,1-3H3,(H,29,32)/b16-15+/t28-/m1/s1. The highest BCUT2D eigenvalue weighted by Gasteiger charge is 2.59. The van der Waals surface area contributed by atoms with E-state index in [0.29, 0.717) is 6.54 Å². The van der Waals surface area contributed by atoms with Gasteiger partial charge in [-0.2, -0.15) is 0 Å². The zero-order valence-electron chi connectivity index (χ0n) is 19.1. The zero-order chi connectivity index (χ0) is 22.8. The number of nitrogens with one attached hydrogen (secondary N) is 1. The van der Waals surface area contributed by atoms with E-state index in [0.717, 1.165) is 17.8 Å². The number of fused-ring (bicyclic) bond motifs is 5. The van der Waals surface area contributed by atoms with Crippen molar-refractivity contribution in [3.8, 4) is 0 Å². The van der Waals surface area contributed by atoms with Gasteiger partial charge in [0.25, 0.3) is 0 Å². The number of para-hydroxylation sites is 2. The predicted octanol–water partition coefficient (Wildman–Crippen LogP) is 5.95. The van der Waals surface area contributed by atoms with Crippen molar-refractivity contribution in [1.29, 1.82) is 0 Å². The molecule has 1 fully saturated rings. The monoisotopic (exact) mass is 453 g/mol. The van der Waals surface area contributed by atoms with Gasteiger partial charge in [-0.3, -0.25) is 4.79 Å². The smallest absolute Gasteiger partial charge is 0.241 e. The highest BCUT2D eigenvalue weighted by molar-refractivity contribution is 7.99. The topological polar surface area (TPSA) is 35.6 Å². The molecule has 166 valence electrons. The van der Waals surface area contributed by atoms with Crippen LogP contribution in [-0.4, -0.2) is 24.7 Å². The first kappa shape index (κ1) is 20.4. The quantitative estimate of drug-likeness (QED) is 0.532. The average molecular weight is 454 g/mol. The molecule has 3 aromatic rings. The third kappa shape index (κ3) is 2.81. The van der Waals surface area contributed by atoms with Gasteiger partial charge in [0.1, 0.15) is 5.66 Å². The maximum Gasteiger partial charge on any atom is 0.241 e. The van der Waals surface area contributed by atoms with Crippen molar-refractivity contribution in [3.05, 3.63) is 83.9 Å². The lowest BCUT2D eigenvalue weighted by Gasteiger charge is -2.40. The summed E-state index contributed by atoms with van der Waals surface area (Å²) in [7, 11) is 0. The summed E-state index contributed by atoms with van der Waals surface area (Å²) in [5.41, 5.74) is 5.24. The summed E-state index contributed by atoms with van der Waals surface area (Å²) in [5.74, 6) is 0.0680. The van der Waals surface area contributed by atoms with Crippen LogP contribution >= 0.6 is 11.8 Å². The highest BCUT2D eigenvalue weighted by atomic mass is 32.2. The van der Waals surface area contributed by atoms with E-state index in [1.165, 1.54) is 26.7 Å². The minimum Gasteiger partial charge on any atom is -0.340 e. The molecule has 5 heteroatoms. The SMILES string of the molecule is CCN1c2ccccc2Sc2cc(/C=C/[C@@]34NC(=O)CN3c3ccccc3C4(C)C)ccc21. The van der Waals surface area contributed by atoms with Gasteiger partial charge in [0.05, 0.1) is 17.9 Å². The fraction of sp³-hybridized carbons (Fsp3) is 0.250. The normalized spacial score (nSPS) is 22.1. The molecule has 1 atom stereocenters. The molecular weight excluding hydrogens is 426 g/mol. The van der Waals surface area contributed by atoms with Crippen molar-refractivity contribution in [2.75, 3.05) is 22.9 Å². The second-order valence-corrected chi connectivity index (χ2v) is 10.5. The lowest BCUT2D eigenvalue weighted by Crippen LogP contribution is -2.58. The van der Waals surface area contributed by atoms with Gasteiger partial charge in [0.2, 0.25) is 5.91 Å². The van der Waals surface area contributed by atoms with Crippen LogP contribution in [-0.2, 0) is 10.2 Å². The first-order valence-corrected chi connectivity index (χ1v) is 12.3. The molecule has 1 N–H and O–H groups in total. The number of carbonyl (C=O) groups is 1. The van der Waals surface area contributed by atoms with Crippen molar-refractivity contribution < 1.29 is 4.79 Å². The average Bonchev–Trinajstić information content (AvgIpc) is 3.26. The Morgan fingerprint density at radius 2 is 1.70 bits per heavy atom. The summed E-state index contributed by atoms with van der Waals surface area (Å²) in [4.78, 5) is 19.7. The third-order valence-electron chi connectivity index (χ3n) is 7.36. The van der Waals surface area contributed by atoms with E-state index in [-0.39, 0.29) is 11.3 Å². The number of rotatable bonds is 3. The zero-order valence-corrected chi connectivity index (χ0v) is 19.9. The predicted molar refractivity (Wildman–Crippen MR) is 136 cm³/mol. The summed E-state index contributed by atoms with van der Waals surface area (Å²) >= 11 is 1.83. The molecule has 0 saturated carbocycles. The highest BCUT2D eigenvalue weighted by Crippen LogP contribution is 2.53. The molecule has 0 aromatic heterocycles. The fourth-order valence-electron chi connectivity index (χ4n) is 5.65. The Labute approximate surface area is 199 Å². The minimum absolute atomic E-state index is 0.0680. The van der Waals surface area contributed by atoms with E-state index in [1.807, 2.05) is 11.8 Å². The molecule has 33 heavy (non-hydrogen) atoms. The van der Waals surface area contributed by atoms with Gasteiger partial charge >= 0.3 is 0 Å². The number of anilines is 3. The van der Waals surface area contributed by atoms with Crippen LogP contribution in [0, 0.1) is 0 Å². The van der Waals surface area contributed by atoms with E-state index in [4.69, 9.17) is 0 Å². The van der Waals surface area contributed by atoms with Crippen molar-refractivity contribution in [1.82, 2.24) is 5.32 Å². The molecule has 1 saturated heterocycles. The van der Waals surface area contributed by atoms with Crippen LogP contribution in [0.3, 0.4) is 0 Å². The van der Waals surface area contributed by atoms with E-state index < -0.39 is 5.66 Å². The number of hydrogen-bond donors (Lipinski definition) is 1. The molecule has 0 unspecified atom stereocenters. The molecule has 0 aliphatic carbocycles.